The van der Waals surface area contributed by atoms with Gasteiger partial charge < -0.3 is 14.3 Å². The first kappa shape index (κ1) is 21.7. The molecular weight excluding hydrogens is 601 g/mol. The summed E-state index contributed by atoms with van der Waals surface area (Å²) in [7, 11) is 1.47. The molecule has 0 aliphatic carbocycles. The van der Waals surface area contributed by atoms with E-state index in [0.29, 0.717) is 37.1 Å². The summed E-state index contributed by atoms with van der Waals surface area (Å²) in [5.74, 6) is 1.06. The van der Waals surface area contributed by atoms with E-state index in [-0.39, 0.29) is 17.1 Å². The lowest BCUT2D eigenvalue weighted by Crippen LogP contribution is -2.20. The van der Waals surface area contributed by atoms with Gasteiger partial charge in [-0.2, -0.15) is 9.78 Å². The fraction of sp³-hybridized carbons (Fsp3) is 0.0417. The maximum absolute atomic E-state index is 13.4. The Bertz CT molecular complexity index is 1620. The fourth-order valence-electron chi connectivity index (χ4n) is 3.46. The molecule has 0 amide bonds. The molecule has 0 radical (unpaired) electrons. The van der Waals surface area contributed by atoms with Crippen molar-refractivity contribution in [2.75, 3.05) is 7.11 Å². The van der Waals surface area contributed by atoms with Gasteiger partial charge in [0.25, 0.3) is 5.56 Å². The molecule has 3 aromatic carbocycles. The second-order valence-electron chi connectivity index (χ2n) is 7.16. The monoisotopic (exact) mass is 615 g/mol. The molecule has 0 atom stereocenters. The van der Waals surface area contributed by atoms with Crippen molar-refractivity contribution in [2.45, 2.75) is 0 Å². The Labute approximate surface area is 209 Å². The Morgan fingerprint density at radius 3 is 2.82 bits per heavy atom. The average molecular weight is 616 g/mol. The first-order chi connectivity index (χ1) is 15.9. The number of aromatic nitrogens is 2. The molecule has 0 aliphatic heterocycles. The van der Waals surface area contributed by atoms with Crippen molar-refractivity contribution in [1.29, 1.82) is 0 Å². The molecule has 164 valence electrons. The van der Waals surface area contributed by atoms with E-state index in [2.05, 4.69) is 26.0 Å². The number of rotatable bonds is 4. The zero-order chi connectivity index (χ0) is 23.1. The fourth-order valence-corrected chi connectivity index (χ4v) is 4.47. The molecule has 0 saturated heterocycles. The minimum atomic E-state index is -0.325. The van der Waals surface area contributed by atoms with Crippen molar-refractivity contribution < 1.29 is 14.3 Å². The normalized spacial score (nSPS) is 11.6. The molecule has 0 bridgehead atoms. The Hall–Kier alpha value is -3.18. The third-order valence-electron chi connectivity index (χ3n) is 5.05. The van der Waals surface area contributed by atoms with Gasteiger partial charge in [0, 0.05) is 9.86 Å². The quantitative estimate of drug-likeness (QED) is 0.205. The average Bonchev–Trinajstić information content (AvgIpc) is 3.23. The summed E-state index contributed by atoms with van der Waals surface area (Å²) < 4.78 is 14.0. The summed E-state index contributed by atoms with van der Waals surface area (Å²) in [5.41, 5.74) is 1.54. The number of phenols is 1. The number of ether oxygens (including phenoxy) is 1. The topological polar surface area (TPSA) is 89.9 Å². The second kappa shape index (κ2) is 8.64. The number of aromatic hydroxyl groups is 1. The van der Waals surface area contributed by atoms with Gasteiger partial charge >= 0.3 is 0 Å². The van der Waals surface area contributed by atoms with Crippen LogP contribution in [0.15, 0.2) is 79.4 Å². The Morgan fingerprint density at radius 2 is 2.00 bits per heavy atom. The first-order valence-electron chi connectivity index (χ1n) is 9.77. The highest BCUT2D eigenvalue weighted by molar-refractivity contribution is 14.1. The van der Waals surface area contributed by atoms with E-state index >= 15 is 0 Å². The molecule has 2 heterocycles. The minimum absolute atomic E-state index is 0.0499. The summed E-state index contributed by atoms with van der Waals surface area (Å²) >= 11 is 5.47. The van der Waals surface area contributed by atoms with Gasteiger partial charge in [0.1, 0.15) is 5.58 Å². The number of furan rings is 1. The van der Waals surface area contributed by atoms with Crippen LogP contribution < -0.4 is 10.3 Å². The van der Waals surface area contributed by atoms with E-state index in [1.807, 2.05) is 52.9 Å². The number of methoxy groups -OCH3 is 1. The summed E-state index contributed by atoms with van der Waals surface area (Å²) in [6.07, 6.45) is 1.52. The van der Waals surface area contributed by atoms with Crippen molar-refractivity contribution in [1.82, 2.24) is 9.66 Å². The van der Waals surface area contributed by atoms with Gasteiger partial charge in [-0.15, -0.1) is 0 Å². The van der Waals surface area contributed by atoms with Crippen LogP contribution in [0.25, 0.3) is 33.5 Å². The number of hydrogen-bond acceptors (Lipinski definition) is 6. The van der Waals surface area contributed by atoms with Crippen LogP contribution in [0.1, 0.15) is 5.56 Å². The highest BCUT2D eigenvalue weighted by Crippen LogP contribution is 2.32. The lowest BCUT2D eigenvalue weighted by atomic mass is 10.2. The number of halogens is 2. The number of nitrogens with zero attached hydrogens (tertiary/aromatic N) is 3. The Kier molecular flexibility index (Phi) is 5.67. The van der Waals surface area contributed by atoms with Crippen LogP contribution in [0.5, 0.6) is 11.5 Å². The van der Waals surface area contributed by atoms with Crippen molar-refractivity contribution in [3.05, 3.63) is 84.6 Å². The molecule has 0 spiro atoms. The third kappa shape index (κ3) is 4.02. The number of hydrogen-bond donors (Lipinski definition) is 1. The van der Waals surface area contributed by atoms with Crippen LogP contribution in [0, 0.1) is 3.57 Å². The number of phenolic OH excluding ortho intramolecular Hbond substituents is 1. The highest BCUT2D eigenvalue weighted by Gasteiger charge is 2.17. The van der Waals surface area contributed by atoms with Crippen LogP contribution in [0.3, 0.4) is 0 Å². The molecule has 9 heteroatoms. The van der Waals surface area contributed by atoms with E-state index in [1.165, 1.54) is 18.0 Å². The molecule has 5 aromatic rings. The van der Waals surface area contributed by atoms with Crippen LogP contribution in [-0.4, -0.2) is 28.1 Å². The summed E-state index contributed by atoms with van der Waals surface area (Å²) in [6.45, 7) is 0. The summed E-state index contributed by atoms with van der Waals surface area (Å²) in [6, 6.07) is 18.0. The van der Waals surface area contributed by atoms with Gasteiger partial charge in [0.05, 0.1) is 27.8 Å². The van der Waals surface area contributed by atoms with Gasteiger partial charge in [0.2, 0.25) is 5.82 Å². The zero-order valence-electron chi connectivity index (χ0n) is 17.1. The van der Waals surface area contributed by atoms with Crippen molar-refractivity contribution >= 4 is 66.6 Å². The molecule has 0 aliphatic rings. The number of benzene rings is 3. The van der Waals surface area contributed by atoms with Gasteiger partial charge in [-0.1, -0.05) is 28.1 Å². The smallest absolute Gasteiger partial charge is 0.282 e. The molecule has 33 heavy (non-hydrogen) atoms. The Morgan fingerprint density at radius 1 is 1.18 bits per heavy atom. The molecule has 7 nitrogen and oxygen atoms in total. The van der Waals surface area contributed by atoms with Crippen LogP contribution in [0.4, 0.5) is 0 Å². The molecule has 2 aromatic heterocycles. The van der Waals surface area contributed by atoms with Gasteiger partial charge in [-0.25, -0.2) is 4.98 Å². The predicted molar refractivity (Wildman–Crippen MR) is 139 cm³/mol. The van der Waals surface area contributed by atoms with Gasteiger partial charge in [-0.05, 0) is 76.7 Å². The lowest BCUT2D eigenvalue weighted by molar-refractivity contribution is 0.371. The summed E-state index contributed by atoms with van der Waals surface area (Å²) in [4.78, 5) is 18.0. The molecular formula is C24H15BrIN3O4. The lowest BCUT2D eigenvalue weighted by Gasteiger charge is -2.08. The van der Waals surface area contributed by atoms with E-state index in [1.54, 1.807) is 30.3 Å². The molecule has 0 fully saturated rings. The molecule has 5 rings (SSSR count). The largest absolute Gasteiger partial charge is 0.504 e. The van der Waals surface area contributed by atoms with Crippen molar-refractivity contribution in [3.8, 4) is 23.1 Å². The molecule has 1 N–H and O–H groups in total. The first-order valence-corrected chi connectivity index (χ1v) is 11.6. The maximum atomic E-state index is 13.4. The summed E-state index contributed by atoms with van der Waals surface area (Å²) in [5, 5.41) is 15.8. The van der Waals surface area contributed by atoms with Gasteiger partial charge in [-0.3, -0.25) is 4.79 Å². The van der Waals surface area contributed by atoms with E-state index < -0.39 is 0 Å². The van der Waals surface area contributed by atoms with Crippen molar-refractivity contribution in [2.24, 2.45) is 5.10 Å². The van der Waals surface area contributed by atoms with Gasteiger partial charge in [0.15, 0.2) is 17.3 Å². The minimum Gasteiger partial charge on any atom is -0.504 e. The van der Waals surface area contributed by atoms with Crippen LogP contribution >= 0.6 is 38.5 Å². The number of fused-ring (bicyclic) bond motifs is 2. The van der Waals surface area contributed by atoms with Crippen LogP contribution in [0.2, 0.25) is 0 Å². The predicted octanol–water partition coefficient (Wildman–Crippen LogP) is 5.77. The standard InChI is InChI=1S/C24H15BrIN3O4/c1-32-20-9-13(8-17(26)22(20)30)12-27-29-23(28-18-5-3-2-4-16(18)24(29)31)21-11-14-10-15(25)6-7-19(14)33-21/h2-12,30H,1H3. The van der Waals surface area contributed by atoms with E-state index in [0.717, 1.165) is 9.86 Å². The number of para-hydroxylation sites is 1. The van der Waals surface area contributed by atoms with Crippen molar-refractivity contribution in [3.63, 3.8) is 0 Å². The Balaban J connectivity index is 1.72. The highest BCUT2D eigenvalue weighted by atomic mass is 127. The second-order valence-corrected chi connectivity index (χ2v) is 9.24. The SMILES string of the molecule is COc1cc(C=Nn2c(-c3cc4cc(Br)ccc4o3)nc3ccccc3c2=O)cc(I)c1O. The van der Waals surface area contributed by atoms with E-state index in [9.17, 15) is 9.90 Å². The molecule has 0 saturated carbocycles. The van der Waals surface area contributed by atoms with E-state index in [4.69, 9.17) is 9.15 Å². The zero-order valence-corrected chi connectivity index (χ0v) is 20.9. The van der Waals surface area contributed by atoms with Crippen LogP contribution in [-0.2, 0) is 0 Å². The molecule has 0 unspecified atom stereocenters. The maximum Gasteiger partial charge on any atom is 0.282 e. The third-order valence-corrected chi connectivity index (χ3v) is 6.36.